The van der Waals surface area contributed by atoms with Crippen molar-refractivity contribution in [2.75, 3.05) is 17.2 Å². The number of nitrogens with one attached hydrogen (secondary N) is 3. The molecule has 2 aliphatic rings. The smallest absolute Gasteiger partial charge is 0.253 e. The predicted octanol–water partition coefficient (Wildman–Crippen LogP) is 3.51. The molecular weight excluding hydrogens is 338 g/mol. The van der Waals surface area contributed by atoms with Gasteiger partial charge in [-0.1, -0.05) is 24.3 Å². The molecule has 1 saturated carbocycles. The molecule has 0 heterocycles. The van der Waals surface area contributed by atoms with Gasteiger partial charge in [0, 0.05) is 11.7 Å². The number of hydrogen-bond acceptors (Lipinski definition) is 3. The monoisotopic (exact) mass is 363 g/mol. The van der Waals surface area contributed by atoms with Gasteiger partial charge >= 0.3 is 0 Å². The molecule has 0 saturated heterocycles. The first kappa shape index (κ1) is 17.6. The van der Waals surface area contributed by atoms with Gasteiger partial charge in [-0.2, -0.15) is 0 Å². The zero-order chi connectivity index (χ0) is 18.6. The van der Waals surface area contributed by atoms with E-state index in [4.69, 9.17) is 0 Å². The van der Waals surface area contributed by atoms with Crippen LogP contribution in [0.1, 0.15) is 47.2 Å². The SMILES string of the molecule is O=C(CNc1cccc2c1CCCC2)Nc1ccccc1C(=O)NC1CC1. The van der Waals surface area contributed by atoms with Gasteiger partial charge < -0.3 is 16.0 Å². The van der Waals surface area contributed by atoms with Crippen LogP contribution in [0.5, 0.6) is 0 Å². The van der Waals surface area contributed by atoms with Gasteiger partial charge in [-0.05, 0) is 67.9 Å². The van der Waals surface area contributed by atoms with Crippen molar-refractivity contribution in [2.45, 2.75) is 44.6 Å². The molecule has 0 atom stereocenters. The third-order valence-corrected chi connectivity index (χ3v) is 5.19. The van der Waals surface area contributed by atoms with Crippen molar-refractivity contribution in [1.82, 2.24) is 5.32 Å². The minimum Gasteiger partial charge on any atom is -0.376 e. The Morgan fingerprint density at radius 3 is 2.56 bits per heavy atom. The molecule has 0 bridgehead atoms. The maximum atomic E-state index is 12.5. The van der Waals surface area contributed by atoms with Gasteiger partial charge in [-0.15, -0.1) is 0 Å². The van der Waals surface area contributed by atoms with Crippen LogP contribution in [-0.4, -0.2) is 24.4 Å². The fourth-order valence-electron chi connectivity index (χ4n) is 3.60. The third kappa shape index (κ3) is 4.30. The minimum absolute atomic E-state index is 0.126. The summed E-state index contributed by atoms with van der Waals surface area (Å²) in [6.45, 7) is 0.176. The van der Waals surface area contributed by atoms with Crippen molar-refractivity contribution < 1.29 is 9.59 Å². The summed E-state index contributed by atoms with van der Waals surface area (Å²) < 4.78 is 0. The van der Waals surface area contributed by atoms with Crippen LogP contribution in [0.3, 0.4) is 0 Å². The highest BCUT2D eigenvalue weighted by Crippen LogP contribution is 2.27. The lowest BCUT2D eigenvalue weighted by atomic mass is 9.90. The van der Waals surface area contributed by atoms with Crippen LogP contribution in [0.15, 0.2) is 42.5 Å². The van der Waals surface area contributed by atoms with Crippen LogP contribution in [0, 0.1) is 0 Å². The highest BCUT2D eigenvalue weighted by Gasteiger charge is 2.25. The number of carbonyl (C=O) groups is 2. The van der Waals surface area contributed by atoms with Gasteiger partial charge in [0.15, 0.2) is 0 Å². The van der Waals surface area contributed by atoms with E-state index in [1.807, 2.05) is 24.3 Å². The average molecular weight is 363 g/mol. The van der Waals surface area contributed by atoms with Gasteiger partial charge in [0.2, 0.25) is 5.91 Å². The van der Waals surface area contributed by atoms with Crippen LogP contribution in [0.2, 0.25) is 0 Å². The molecule has 0 spiro atoms. The first-order chi connectivity index (χ1) is 13.2. The Bertz CT molecular complexity index is 858. The summed E-state index contributed by atoms with van der Waals surface area (Å²) in [6.07, 6.45) is 6.67. The molecule has 0 aliphatic heterocycles. The van der Waals surface area contributed by atoms with E-state index in [0.29, 0.717) is 11.3 Å². The molecule has 2 aliphatic carbocycles. The van der Waals surface area contributed by atoms with E-state index < -0.39 is 0 Å². The first-order valence-electron chi connectivity index (χ1n) is 9.75. The largest absolute Gasteiger partial charge is 0.376 e. The third-order valence-electron chi connectivity index (χ3n) is 5.19. The maximum Gasteiger partial charge on any atom is 0.253 e. The molecule has 3 N–H and O–H groups in total. The number of carbonyl (C=O) groups excluding carboxylic acids is 2. The number of benzene rings is 2. The molecule has 1 fully saturated rings. The lowest BCUT2D eigenvalue weighted by molar-refractivity contribution is -0.114. The molecule has 0 radical (unpaired) electrons. The highest BCUT2D eigenvalue weighted by molar-refractivity contribution is 6.04. The van der Waals surface area contributed by atoms with Gasteiger partial charge in [0.05, 0.1) is 17.8 Å². The summed E-state index contributed by atoms with van der Waals surface area (Å²) in [5.74, 6) is -0.284. The summed E-state index contributed by atoms with van der Waals surface area (Å²) in [5, 5.41) is 9.11. The van der Waals surface area contributed by atoms with Crippen LogP contribution in [0.25, 0.3) is 0 Å². The van der Waals surface area contributed by atoms with Crippen LogP contribution in [0.4, 0.5) is 11.4 Å². The summed E-state index contributed by atoms with van der Waals surface area (Å²) in [5.41, 5.74) is 4.82. The Kier molecular flexibility index (Phi) is 5.10. The van der Waals surface area contributed by atoms with Crippen molar-refractivity contribution >= 4 is 23.2 Å². The molecule has 5 nitrogen and oxygen atoms in total. The second-order valence-corrected chi connectivity index (χ2v) is 7.35. The van der Waals surface area contributed by atoms with Crippen LogP contribution < -0.4 is 16.0 Å². The van der Waals surface area contributed by atoms with Crippen molar-refractivity contribution in [2.24, 2.45) is 0 Å². The first-order valence-corrected chi connectivity index (χ1v) is 9.75. The zero-order valence-corrected chi connectivity index (χ0v) is 15.4. The lowest BCUT2D eigenvalue weighted by Crippen LogP contribution is -2.28. The molecule has 27 heavy (non-hydrogen) atoms. The number of anilines is 2. The van der Waals surface area contributed by atoms with Crippen molar-refractivity contribution in [1.29, 1.82) is 0 Å². The number of hydrogen-bond donors (Lipinski definition) is 3. The van der Waals surface area contributed by atoms with E-state index in [9.17, 15) is 9.59 Å². The molecule has 4 rings (SSSR count). The predicted molar refractivity (Wildman–Crippen MR) is 107 cm³/mol. The summed E-state index contributed by atoms with van der Waals surface area (Å²) in [4.78, 5) is 24.8. The Morgan fingerprint density at radius 1 is 0.926 bits per heavy atom. The van der Waals surface area contributed by atoms with Crippen molar-refractivity contribution in [3.63, 3.8) is 0 Å². The van der Waals surface area contributed by atoms with E-state index in [1.54, 1.807) is 12.1 Å². The summed E-state index contributed by atoms with van der Waals surface area (Å²) in [7, 11) is 0. The molecule has 0 unspecified atom stereocenters. The Hall–Kier alpha value is -2.82. The maximum absolute atomic E-state index is 12.5. The molecule has 2 aromatic carbocycles. The Morgan fingerprint density at radius 2 is 1.70 bits per heavy atom. The minimum atomic E-state index is -0.157. The van der Waals surface area contributed by atoms with Gasteiger partial charge in [0.25, 0.3) is 5.91 Å². The van der Waals surface area contributed by atoms with Crippen molar-refractivity contribution in [3.05, 3.63) is 59.2 Å². The van der Waals surface area contributed by atoms with E-state index in [2.05, 4.69) is 22.0 Å². The molecule has 2 aromatic rings. The van der Waals surface area contributed by atoms with E-state index in [0.717, 1.165) is 31.4 Å². The lowest BCUT2D eigenvalue weighted by Gasteiger charge is -2.20. The van der Waals surface area contributed by atoms with E-state index in [1.165, 1.54) is 24.0 Å². The molecule has 5 heteroatoms. The van der Waals surface area contributed by atoms with Gasteiger partial charge in [0.1, 0.15) is 0 Å². The normalized spacial score (nSPS) is 15.6. The number of fused-ring (bicyclic) bond motifs is 1. The van der Waals surface area contributed by atoms with E-state index >= 15 is 0 Å². The Balaban J connectivity index is 1.40. The fourth-order valence-corrected chi connectivity index (χ4v) is 3.60. The van der Waals surface area contributed by atoms with Crippen LogP contribution in [-0.2, 0) is 17.6 Å². The molecular formula is C22H25N3O2. The van der Waals surface area contributed by atoms with Crippen LogP contribution >= 0.6 is 0 Å². The molecule has 140 valence electrons. The topological polar surface area (TPSA) is 70.2 Å². The highest BCUT2D eigenvalue weighted by atomic mass is 16.2. The molecule has 0 aromatic heterocycles. The van der Waals surface area contributed by atoms with Gasteiger partial charge in [-0.25, -0.2) is 0 Å². The van der Waals surface area contributed by atoms with Gasteiger partial charge in [-0.3, -0.25) is 9.59 Å². The summed E-state index contributed by atoms with van der Waals surface area (Å²) in [6, 6.07) is 13.7. The number of rotatable bonds is 6. The standard InChI is InChI=1S/C22H25N3O2/c26-21(14-23-19-11-5-7-15-6-1-2-8-17(15)19)25-20-10-4-3-9-18(20)22(27)24-16-12-13-16/h3-5,7,9-11,16,23H,1-2,6,8,12-14H2,(H,24,27)(H,25,26). The number of amides is 2. The zero-order valence-electron chi connectivity index (χ0n) is 15.4. The number of para-hydroxylation sites is 1. The quantitative estimate of drug-likeness (QED) is 0.736. The van der Waals surface area contributed by atoms with E-state index in [-0.39, 0.29) is 24.4 Å². The Labute approximate surface area is 159 Å². The molecule has 2 amide bonds. The second-order valence-electron chi connectivity index (χ2n) is 7.35. The van der Waals surface area contributed by atoms with Crippen molar-refractivity contribution in [3.8, 4) is 0 Å². The number of aryl methyl sites for hydroxylation is 1. The second kappa shape index (κ2) is 7.82. The summed E-state index contributed by atoms with van der Waals surface area (Å²) >= 11 is 0. The average Bonchev–Trinajstić information content (AvgIpc) is 3.50. The fraction of sp³-hybridized carbons (Fsp3) is 0.364.